The summed E-state index contributed by atoms with van der Waals surface area (Å²) in [6.07, 6.45) is 12.9. The standard InChI is InChI=1S/C12H21Cl/c1-2-3-4-5-6-7-11-8-9-12(13)10-11/h10,12H,2-9H2,1H3. The minimum atomic E-state index is 0.339. The monoisotopic (exact) mass is 200 g/mol. The Hall–Kier alpha value is 0.0300. The quantitative estimate of drug-likeness (QED) is 0.332. The van der Waals surface area contributed by atoms with E-state index in [9.17, 15) is 0 Å². The number of hydrogen-bond donors (Lipinski definition) is 0. The molecule has 1 heteroatoms. The van der Waals surface area contributed by atoms with Crippen LogP contribution < -0.4 is 0 Å². The summed E-state index contributed by atoms with van der Waals surface area (Å²) < 4.78 is 0. The third-order valence-electron chi connectivity index (χ3n) is 2.76. The van der Waals surface area contributed by atoms with Gasteiger partial charge in [-0.1, -0.05) is 44.3 Å². The molecule has 0 aliphatic heterocycles. The van der Waals surface area contributed by atoms with E-state index in [-0.39, 0.29) is 0 Å². The molecule has 1 rings (SSSR count). The van der Waals surface area contributed by atoms with Gasteiger partial charge in [0.1, 0.15) is 0 Å². The van der Waals surface area contributed by atoms with Gasteiger partial charge in [0, 0.05) is 0 Å². The van der Waals surface area contributed by atoms with Crippen molar-refractivity contribution < 1.29 is 0 Å². The fourth-order valence-corrected chi connectivity index (χ4v) is 2.20. The van der Waals surface area contributed by atoms with Crippen LogP contribution >= 0.6 is 11.6 Å². The van der Waals surface area contributed by atoms with Crippen LogP contribution in [0.25, 0.3) is 0 Å². The van der Waals surface area contributed by atoms with Crippen LogP contribution in [0.3, 0.4) is 0 Å². The molecule has 0 spiro atoms. The molecule has 1 aliphatic rings. The van der Waals surface area contributed by atoms with Gasteiger partial charge in [0.05, 0.1) is 5.38 Å². The van der Waals surface area contributed by atoms with E-state index in [0.717, 1.165) is 0 Å². The van der Waals surface area contributed by atoms with E-state index in [1.54, 1.807) is 5.57 Å². The Labute approximate surface area is 87.4 Å². The molecule has 0 aromatic heterocycles. The molecule has 1 aliphatic carbocycles. The lowest BCUT2D eigenvalue weighted by atomic mass is 10.1. The van der Waals surface area contributed by atoms with Crippen molar-refractivity contribution in [3.05, 3.63) is 11.6 Å². The maximum absolute atomic E-state index is 5.99. The molecule has 0 bridgehead atoms. The van der Waals surface area contributed by atoms with Crippen molar-refractivity contribution in [2.75, 3.05) is 0 Å². The maximum Gasteiger partial charge on any atom is 0.0521 e. The SMILES string of the molecule is CCCCCCCC1=CC(Cl)CC1. The second kappa shape index (κ2) is 6.48. The molecule has 0 saturated heterocycles. The average molecular weight is 201 g/mol. The summed E-state index contributed by atoms with van der Waals surface area (Å²) in [7, 11) is 0. The Bertz CT molecular complexity index is 161. The van der Waals surface area contributed by atoms with Crippen molar-refractivity contribution in [1.29, 1.82) is 0 Å². The highest BCUT2D eigenvalue weighted by atomic mass is 35.5. The first-order valence-electron chi connectivity index (χ1n) is 5.66. The summed E-state index contributed by atoms with van der Waals surface area (Å²) in [6.45, 7) is 2.26. The fraction of sp³-hybridized carbons (Fsp3) is 0.833. The highest BCUT2D eigenvalue weighted by Crippen LogP contribution is 2.26. The molecule has 0 aromatic carbocycles. The number of rotatable bonds is 6. The molecule has 0 heterocycles. The molecule has 1 atom stereocenters. The Morgan fingerprint density at radius 3 is 2.69 bits per heavy atom. The Kier molecular flexibility index (Phi) is 5.54. The second-order valence-electron chi connectivity index (χ2n) is 4.04. The van der Waals surface area contributed by atoms with Crippen LogP contribution in [0, 0.1) is 0 Å². The lowest BCUT2D eigenvalue weighted by Crippen LogP contribution is -1.81. The first kappa shape index (κ1) is 11.1. The molecule has 0 aromatic rings. The lowest BCUT2D eigenvalue weighted by Gasteiger charge is -2.00. The van der Waals surface area contributed by atoms with Crippen LogP contribution in [0.5, 0.6) is 0 Å². The smallest absolute Gasteiger partial charge is 0.0521 e. The number of alkyl halides is 1. The maximum atomic E-state index is 5.99. The van der Waals surface area contributed by atoms with Gasteiger partial charge in [0.25, 0.3) is 0 Å². The number of unbranched alkanes of at least 4 members (excludes halogenated alkanes) is 4. The molecule has 0 amide bonds. The van der Waals surface area contributed by atoms with E-state index in [1.807, 2.05) is 0 Å². The van der Waals surface area contributed by atoms with E-state index in [4.69, 9.17) is 11.6 Å². The number of halogens is 1. The Morgan fingerprint density at radius 1 is 1.31 bits per heavy atom. The summed E-state index contributed by atoms with van der Waals surface area (Å²) in [5.74, 6) is 0. The van der Waals surface area contributed by atoms with E-state index >= 15 is 0 Å². The molecule has 0 fully saturated rings. The summed E-state index contributed by atoms with van der Waals surface area (Å²) in [5, 5.41) is 0.339. The third-order valence-corrected chi connectivity index (χ3v) is 3.10. The third kappa shape index (κ3) is 4.71. The Morgan fingerprint density at radius 2 is 2.08 bits per heavy atom. The topological polar surface area (TPSA) is 0 Å². The van der Waals surface area contributed by atoms with Gasteiger partial charge in [0.15, 0.2) is 0 Å². The van der Waals surface area contributed by atoms with Crippen LogP contribution in [0.15, 0.2) is 11.6 Å². The van der Waals surface area contributed by atoms with Gasteiger partial charge in [-0.05, 0) is 25.7 Å². The minimum absolute atomic E-state index is 0.339. The summed E-state index contributed by atoms with van der Waals surface area (Å²) >= 11 is 5.99. The van der Waals surface area contributed by atoms with Crippen molar-refractivity contribution in [2.24, 2.45) is 0 Å². The van der Waals surface area contributed by atoms with Gasteiger partial charge in [-0.15, -0.1) is 11.6 Å². The molecule has 0 nitrogen and oxygen atoms in total. The second-order valence-corrected chi connectivity index (χ2v) is 4.60. The van der Waals surface area contributed by atoms with Gasteiger partial charge in [0.2, 0.25) is 0 Å². The largest absolute Gasteiger partial charge is 0.118 e. The summed E-state index contributed by atoms with van der Waals surface area (Å²) in [6, 6.07) is 0. The van der Waals surface area contributed by atoms with Gasteiger partial charge in [-0.2, -0.15) is 0 Å². The zero-order valence-electron chi connectivity index (χ0n) is 8.69. The van der Waals surface area contributed by atoms with E-state index in [0.29, 0.717) is 5.38 Å². The molecule has 1 unspecified atom stereocenters. The van der Waals surface area contributed by atoms with Crippen LogP contribution in [-0.4, -0.2) is 5.38 Å². The average Bonchev–Trinajstić information content (AvgIpc) is 2.51. The van der Waals surface area contributed by atoms with Gasteiger partial charge < -0.3 is 0 Å². The molecule has 0 radical (unpaired) electrons. The first-order chi connectivity index (χ1) is 6.33. The highest BCUT2D eigenvalue weighted by molar-refractivity contribution is 6.22. The predicted molar refractivity (Wildman–Crippen MR) is 60.3 cm³/mol. The zero-order valence-corrected chi connectivity index (χ0v) is 9.45. The first-order valence-corrected chi connectivity index (χ1v) is 6.10. The molecule has 13 heavy (non-hydrogen) atoms. The van der Waals surface area contributed by atoms with Crippen molar-refractivity contribution in [2.45, 2.75) is 63.7 Å². The number of hydrogen-bond acceptors (Lipinski definition) is 0. The van der Waals surface area contributed by atoms with Crippen molar-refractivity contribution in [3.8, 4) is 0 Å². The van der Waals surface area contributed by atoms with Crippen LogP contribution in [-0.2, 0) is 0 Å². The molecule has 76 valence electrons. The Balaban J connectivity index is 1.97. The van der Waals surface area contributed by atoms with E-state index in [1.165, 1.54) is 51.4 Å². The van der Waals surface area contributed by atoms with Crippen molar-refractivity contribution in [3.63, 3.8) is 0 Å². The van der Waals surface area contributed by atoms with Gasteiger partial charge in [-0.25, -0.2) is 0 Å². The zero-order chi connectivity index (χ0) is 9.52. The van der Waals surface area contributed by atoms with Gasteiger partial charge in [-0.3, -0.25) is 0 Å². The van der Waals surface area contributed by atoms with Crippen molar-refractivity contribution >= 4 is 11.6 Å². The summed E-state index contributed by atoms with van der Waals surface area (Å²) in [5.41, 5.74) is 1.61. The van der Waals surface area contributed by atoms with Crippen LogP contribution in [0.4, 0.5) is 0 Å². The van der Waals surface area contributed by atoms with E-state index in [2.05, 4.69) is 13.0 Å². The van der Waals surface area contributed by atoms with Crippen molar-refractivity contribution in [1.82, 2.24) is 0 Å². The highest BCUT2D eigenvalue weighted by Gasteiger charge is 2.11. The molecular weight excluding hydrogens is 180 g/mol. The van der Waals surface area contributed by atoms with Crippen LogP contribution in [0.2, 0.25) is 0 Å². The van der Waals surface area contributed by atoms with Gasteiger partial charge >= 0.3 is 0 Å². The fourth-order valence-electron chi connectivity index (χ4n) is 1.91. The lowest BCUT2D eigenvalue weighted by molar-refractivity contribution is 0.626. The molecule has 0 N–H and O–H groups in total. The van der Waals surface area contributed by atoms with Crippen LogP contribution in [0.1, 0.15) is 58.3 Å². The number of allylic oxidation sites excluding steroid dienone is 2. The minimum Gasteiger partial charge on any atom is -0.118 e. The predicted octanol–water partition coefficient (Wildman–Crippen LogP) is 4.67. The normalized spacial score (nSPS) is 22.0. The van der Waals surface area contributed by atoms with E-state index < -0.39 is 0 Å². The molecule has 0 saturated carbocycles. The summed E-state index contributed by atoms with van der Waals surface area (Å²) in [4.78, 5) is 0. The molecular formula is C12H21Cl.